The smallest absolute Gasteiger partial charge is 0.312 e. The van der Waals surface area contributed by atoms with Gasteiger partial charge >= 0.3 is 5.69 Å². The molecule has 1 amide bonds. The minimum atomic E-state index is -0.476. The van der Waals surface area contributed by atoms with E-state index in [1.54, 1.807) is 10.7 Å². The Bertz CT molecular complexity index is 890. The zero-order valence-electron chi connectivity index (χ0n) is 11.9. The zero-order chi connectivity index (χ0) is 15.7. The topological polar surface area (TPSA) is 121 Å². The van der Waals surface area contributed by atoms with Crippen LogP contribution >= 0.6 is 0 Å². The molecule has 0 atom stereocenters. The lowest BCUT2D eigenvalue weighted by Crippen LogP contribution is -2.15. The van der Waals surface area contributed by atoms with Crippen molar-refractivity contribution in [1.29, 1.82) is 0 Å². The molecule has 0 bridgehead atoms. The number of aromatic amines is 2. The Labute approximate surface area is 124 Å². The predicted octanol–water partition coefficient (Wildman–Crippen LogP) is 0.548. The van der Waals surface area contributed by atoms with E-state index in [1.165, 1.54) is 12.5 Å². The maximum atomic E-state index is 12.0. The molecule has 3 rings (SSSR count). The number of carbonyl (C=O) groups is 1. The van der Waals surface area contributed by atoms with E-state index in [0.29, 0.717) is 11.6 Å². The highest BCUT2D eigenvalue weighted by Gasteiger charge is 2.11. The molecule has 0 fully saturated rings. The fraction of sp³-hybridized carbons (Fsp3) is 0.154. The first kappa shape index (κ1) is 13.7. The third kappa shape index (κ3) is 2.64. The van der Waals surface area contributed by atoms with Gasteiger partial charge in [0.15, 0.2) is 5.82 Å². The monoisotopic (exact) mass is 299 g/mol. The number of hydrogen-bond donors (Lipinski definition) is 3. The first-order valence-corrected chi connectivity index (χ1v) is 6.47. The molecule has 0 aliphatic rings. The van der Waals surface area contributed by atoms with Gasteiger partial charge in [-0.1, -0.05) is 0 Å². The summed E-state index contributed by atoms with van der Waals surface area (Å²) >= 11 is 0. The molecule has 112 valence electrons. The molecule has 0 aliphatic heterocycles. The van der Waals surface area contributed by atoms with Crippen LogP contribution in [0.1, 0.15) is 21.9 Å². The summed E-state index contributed by atoms with van der Waals surface area (Å²) in [5.41, 5.74) is 1.46. The van der Waals surface area contributed by atoms with Crippen molar-refractivity contribution in [2.24, 2.45) is 0 Å². The number of nitrogens with one attached hydrogen (secondary N) is 3. The van der Waals surface area contributed by atoms with E-state index in [2.05, 4.69) is 30.4 Å². The van der Waals surface area contributed by atoms with E-state index < -0.39 is 11.6 Å². The summed E-state index contributed by atoms with van der Waals surface area (Å²) in [6, 6.07) is 3.52. The standard InChI is InChI=1S/C13H13N7O2/c1-7-3-8(2)20(19-7)11-4-10(15-6-16-11)18-12(21)9-5-14-13(22)17-9/h3-6H,1-2H3,(H2,14,17,22)(H,15,16,18,21). The van der Waals surface area contributed by atoms with Gasteiger partial charge in [0.2, 0.25) is 0 Å². The molecule has 0 radical (unpaired) electrons. The number of carbonyl (C=O) groups excluding carboxylic acids is 1. The SMILES string of the molecule is Cc1cc(C)n(-c2cc(NC(=O)c3c[nH]c(=O)[nH]3)ncn2)n1. The number of H-pyrrole nitrogens is 2. The molecule has 0 aromatic carbocycles. The van der Waals surface area contributed by atoms with Crippen molar-refractivity contribution in [3.05, 3.63) is 52.2 Å². The first-order chi connectivity index (χ1) is 10.5. The van der Waals surface area contributed by atoms with E-state index in [0.717, 1.165) is 11.4 Å². The van der Waals surface area contributed by atoms with Gasteiger partial charge in [-0.2, -0.15) is 5.10 Å². The van der Waals surface area contributed by atoms with Crippen LogP contribution in [0.2, 0.25) is 0 Å². The molecule has 0 spiro atoms. The predicted molar refractivity (Wildman–Crippen MR) is 78.0 cm³/mol. The molecular formula is C13H13N7O2. The number of imidazole rings is 1. The van der Waals surface area contributed by atoms with Gasteiger partial charge in [0, 0.05) is 18.0 Å². The third-order valence-corrected chi connectivity index (χ3v) is 2.96. The quantitative estimate of drug-likeness (QED) is 0.652. The number of hydrogen-bond acceptors (Lipinski definition) is 5. The molecular weight excluding hydrogens is 286 g/mol. The van der Waals surface area contributed by atoms with Crippen LogP contribution < -0.4 is 11.0 Å². The second-order valence-electron chi connectivity index (χ2n) is 4.71. The van der Waals surface area contributed by atoms with E-state index in [1.807, 2.05) is 19.9 Å². The molecule has 3 aromatic heterocycles. The van der Waals surface area contributed by atoms with Crippen molar-refractivity contribution in [2.75, 3.05) is 5.32 Å². The number of nitrogens with zero attached hydrogens (tertiary/aromatic N) is 4. The number of amides is 1. The molecule has 9 heteroatoms. The summed E-state index contributed by atoms with van der Waals surface area (Å²) in [6.45, 7) is 3.79. The van der Waals surface area contributed by atoms with Crippen LogP contribution in [0, 0.1) is 13.8 Å². The number of aromatic nitrogens is 6. The molecule has 3 N–H and O–H groups in total. The molecule has 0 aliphatic carbocycles. The van der Waals surface area contributed by atoms with Crippen LogP contribution in [0.25, 0.3) is 5.82 Å². The van der Waals surface area contributed by atoms with Crippen LogP contribution in [-0.4, -0.2) is 35.6 Å². The third-order valence-electron chi connectivity index (χ3n) is 2.96. The first-order valence-electron chi connectivity index (χ1n) is 6.47. The highest BCUT2D eigenvalue weighted by atomic mass is 16.2. The highest BCUT2D eigenvalue weighted by molar-refractivity contribution is 6.02. The highest BCUT2D eigenvalue weighted by Crippen LogP contribution is 2.12. The minimum Gasteiger partial charge on any atom is -0.312 e. The lowest BCUT2D eigenvalue weighted by Gasteiger charge is -2.06. The van der Waals surface area contributed by atoms with Crippen LogP contribution in [-0.2, 0) is 0 Å². The molecule has 0 unspecified atom stereocenters. The van der Waals surface area contributed by atoms with Gasteiger partial charge in [-0.25, -0.2) is 19.4 Å². The maximum absolute atomic E-state index is 12.0. The Morgan fingerprint density at radius 2 is 2.09 bits per heavy atom. The van der Waals surface area contributed by atoms with Gasteiger partial charge in [0.25, 0.3) is 5.91 Å². The number of anilines is 1. The molecule has 9 nitrogen and oxygen atoms in total. The number of rotatable bonds is 3. The second kappa shape index (κ2) is 5.28. The van der Waals surface area contributed by atoms with Gasteiger partial charge in [-0.15, -0.1) is 0 Å². The Kier molecular flexibility index (Phi) is 3.30. The Hall–Kier alpha value is -3.23. The molecule has 0 saturated heterocycles. The number of aryl methyl sites for hydroxylation is 2. The fourth-order valence-electron chi connectivity index (χ4n) is 2.03. The van der Waals surface area contributed by atoms with Crippen molar-refractivity contribution in [1.82, 2.24) is 29.7 Å². The second-order valence-corrected chi connectivity index (χ2v) is 4.71. The lowest BCUT2D eigenvalue weighted by molar-refractivity contribution is 0.102. The summed E-state index contributed by atoms with van der Waals surface area (Å²) in [4.78, 5) is 35.8. The summed E-state index contributed by atoms with van der Waals surface area (Å²) in [6.07, 6.45) is 2.63. The van der Waals surface area contributed by atoms with Crippen LogP contribution in [0.5, 0.6) is 0 Å². The van der Waals surface area contributed by atoms with E-state index in [9.17, 15) is 9.59 Å². The van der Waals surface area contributed by atoms with E-state index in [-0.39, 0.29) is 5.69 Å². The van der Waals surface area contributed by atoms with Gasteiger partial charge in [0.1, 0.15) is 17.8 Å². The van der Waals surface area contributed by atoms with Crippen LogP contribution in [0.15, 0.2) is 29.5 Å². The maximum Gasteiger partial charge on any atom is 0.323 e. The van der Waals surface area contributed by atoms with Crippen molar-refractivity contribution in [2.45, 2.75) is 13.8 Å². The van der Waals surface area contributed by atoms with E-state index in [4.69, 9.17) is 0 Å². The van der Waals surface area contributed by atoms with Crippen LogP contribution in [0.3, 0.4) is 0 Å². The fourth-order valence-corrected chi connectivity index (χ4v) is 2.03. The average Bonchev–Trinajstić information content (AvgIpc) is 3.05. The summed E-state index contributed by atoms with van der Waals surface area (Å²) < 4.78 is 1.66. The van der Waals surface area contributed by atoms with Gasteiger partial charge < -0.3 is 15.3 Å². The lowest BCUT2D eigenvalue weighted by atomic mass is 10.4. The van der Waals surface area contributed by atoms with Gasteiger partial charge in [0.05, 0.1) is 5.69 Å². The average molecular weight is 299 g/mol. The van der Waals surface area contributed by atoms with Gasteiger partial charge in [-0.05, 0) is 19.9 Å². The van der Waals surface area contributed by atoms with Crippen molar-refractivity contribution < 1.29 is 4.79 Å². The minimum absolute atomic E-state index is 0.122. The van der Waals surface area contributed by atoms with Crippen LogP contribution in [0.4, 0.5) is 5.82 Å². The summed E-state index contributed by atoms with van der Waals surface area (Å²) in [5.74, 6) is 0.374. The zero-order valence-corrected chi connectivity index (χ0v) is 11.9. The van der Waals surface area contributed by atoms with Crippen molar-refractivity contribution in [3.8, 4) is 5.82 Å². The Balaban J connectivity index is 1.87. The van der Waals surface area contributed by atoms with E-state index >= 15 is 0 Å². The molecule has 3 aromatic rings. The summed E-state index contributed by atoms with van der Waals surface area (Å²) in [7, 11) is 0. The summed E-state index contributed by atoms with van der Waals surface area (Å²) in [5, 5.41) is 6.91. The van der Waals surface area contributed by atoms with Gasteiger partial charge in [-0.3, -0.25) is 4.79 Å². The molecule has 22 heavy (non-hydrogen) atoms. The molecule has 0 saturated carbocycles. The molecule has 3 heterocycles. The normalized spacial score (nSPS) is 10.6. The Morgan fingerprint density at radius 3 is 2.73 bits per heavy atom. The van der Waals surface area contributed by atoms with Crippen molar-refractivity contribution in [3.63, 3.8) is 0 Å². The largest absolute Gasteiger partial charge is 0.323 e. The van der Waals surface area contributed by atoms with Crippen molar-refractivity contribution >= 4 is 11.7 Å². The Morgan fingerprint density at radius 1 is 1.27 bits per heavy atom.